The first-order valence-electron chi connectivity index (χ1n) is 5.61. The van der Waals surface area contributed by atoms with Gasteiger partial charge in [0.1, 0.15) is 0 Å². The van der Waals surface area contributed by atoms with Crippen molar-refractivity contribution >= 4 is 23.3 Å². The highest BCUT2D eigenvalue weighted by atomic mass is 16.6. The largest absolute Gasteiger partial charge is 0.455 e. The summed E-state index contributed by atoms with van der Waals surface area (Å²) in [5, 5.41) is 12.9. The highest BCUT2D eigenvalue weighted by Crippen LogP contribution is 2.15. The number of nitrogens with one attached hydrogen (secondary N) is 1. The number of anilines is 1. The molecule has 0 aliphatic rings. The lowest BCUT2D eigenvalue weighted by Gasteiger charge is -2.07. The van der Waals surface area contributed by atoms with E-state index in [0.717, 1.165) is 0 Å². The molecule has 0 fully saturated rings. The van der Waals surface area contributed by atoms with E-state index in [9.17, 15) is 19.7 Å². The van der Waals surface area contributed by atoms with Crippen LogP contribution in [0.5, 0.6) is 0 Å². The maximum Gasteiger partial charge on any atom is 0.308 e. The normalized spacial score (nSPS) is 10.1. The van der Waals surface area contributed by atoms with Gasteiger partial charge in [-0.05, 0) is 12.1 Å². The zero-order valence-electron chi connectivity index (χ0n) is 10.6. The molecule has 0 bridgehead atoms. The third kappa shape index (κ3) is 4.74. The van der Waals surface area contributed by atoms with Gasteiger partial charge < -0.3 is 10.1 Å². The minimum absolute atomic E-state index is 0.0655. The van der Waals surface area contributed by atoms with E-state index < -0.39 is 16.8 Å². The van der Waals surface area contributed by atoms with Crippen molar-refractivity contribution in [3.63, 3.8) is 0 Å². The summed E-state index contributed by atoms with van der Waals surface area (Å²) in [7, 11) is 0. The number of nitro benzene ring substituents is 1. The molecule has 1 amide bonds. The Morgan fingerprint density at radius 3 is 2.37 bits per heavy atom. The predicted molar refractivity (Wildman–Crippen MR) is 67.5 cm³/mol. The van der Waals surface area contributed by atoms with E-state index in [1.54, 1.807) is 13.8 Å². The van der Waals surface area contributed by atoms with E-state index in [-0.39, 0.29) is 18.2 Å². The molecule has 0 atom stereocenters. The molecule has 102 valence electrons. The Kier molecular flexibility index (Phi) is 4.99. The van der Waals surface area contributed by atoms with Gasteiger partial charge in [-0.3, -0.25) is 19.7 Å². The van der Waals surface area contributed by atoms with Gasteiger partial charge in [-0.2, -0.15) is 0 Å². The number of amides is 1. The summed E-state index contributed by atoms with van der Waals surface area (Å²) >= 11 is 0. The van der Waals surface area contributed by atoms with E-state index in [4.69, 9.17) is 4.74 Å². The lowest BCUT2D eigenvalue weighted by molar-refractivity contribution is -0.384. The summed E-state index contributed by atoms with van der Waals surface area (Å²) in [6.45, 7) is 2.95. The topological polar surface area (TPSA) is 98.5 Å². The summed E-state index contributed by atoms with van der Waals surface area (Å²) in [5.41, 5.74) is 0.334. The minimum atomic E-state index is -0.532. The number of non-ortho nitro benzene ring substituents is 1. The molecule has 1 N–H and O–H groups in total. The van der Waals surface area contributed by atoms with Gasteiger partial charge in [0, 0.05) is 17.8 Å². The van der Waals surface area contributed by atoms with Gasteiger partial charge in [0.15, 0.2) is 6.61 Å². The van der Waals surface area contributed by atoms with Crippen LogP contribution in [0, 0.1) is 16.0 Å². The molecule has 19 heavy (non-hydrogen) atoms. The van der Waals surface area contributed by atoms with Crippen LogP contribution in [-0.2, 0) is 14.3 Å². The van der Waals surface area contributed by atoms with Gasteiger partial charge in [0.2, 0.25) is 0 Å². The van der Waals surface area contributed by atoms with Crippen LogP contribution in [-0.4, -0.2) is 23.4 Å². The Morgan fingerprint density at radius 1 is 1.32 bits per heavy atom. The Labute approximate surface area is 109 Å². The number of rotatable bonds is 5. The average Bonchev–Trinajstić information content (AvgIpc) is 2.36. The van der Waals surface area contributed by atoms with Crippen molar-refractivity contribution in [2.45, 2.75) is 13.8 Å². The van der Waals surface area contributed by atoms with Crippen LogP contribution in [0.2, 0.25) is 0 Å². The maximum atomic E-state index is 11.4. The number of carbonyl (C=O) groups excluding carboxylic acids is 2. The molecule has 7 nitrogen and oxygen atoms in total. The number of benzene rings is 1. The van der Waals surface area contributed by atoms with E-state index >= 15 is 0 Å². The van der Waals surface area contributed by atoms with Gasteiger partial charge in [-0.25, -0.2) is 0 Å². The van der Waals surface area contributed by atoms with Crippen LogP contribution >= 0.6 is 0 Å². The van der Waals surface area contributed by atoms with Crippen LogP contribution in [0.3, 0.4) is 0 Å². The van der Waals surface area contributed by atoms with E-state index in [1.807, 2.05) is 0 Å². The summed E-state index contributed by atoms with van der Waals surface area (Å²) < 4.78 is 4.74. The smallest absolute Gasteiger partial charge is 0.308 e. The van der Waals surface area contributed by atoms with Gasteiger partial charge in [0.05, 0.1) is 10.8 Å². The first-order valence-corrected chi connectivity index (χ1v) is 5.61. The van der Waals surface area contributed by atoms with Crippen LogP contribution < -0.4 is 5.32 Å². The zero-order chi connectivity index (χ0) is 14.4. The Balaban J connectivity index is 2.48. The van der Waals surface area contributed by atoms with Crippen molar-refractivity contribution in [2.75, 3.05) is 11.9 Å². The number of hydrogen-bond donors (Lipinski definition) is 1. The number of ether oxygens (including phenoxy) is 1. The van der Waals surface area contributed by atoms with Crippen LogP contribution in [0.4, 0.5) is 11.4 Å². The molecular formula is C12H14N2O5. The summed E-state index contributed by atoms with van der Waals surface area (Å²) in [4.78, 5) is 32.5. The van der Waals surface area contributed by atoms with Crippen molar-refractivity contribution in [3.8, 4) is 0 Å². The minimum Gasteiger partial charge on any atom is -0.455 e. The van der Waals surface area contributed by atoms with Crippen molar-refractivity contribution in [1.82, 2.24) is 0 Å². The second-order valence-electron chi connectivity index (χ2n) is 4.11. The summed E-state index contributed by atoms with van der Waals surface area (Å²) in [6.07, 6.45) is 0. The molecular weight excluding hydrogens is 252 g/mol. The molecule has 0 saturated heterocycles. The quantitative estimate of drug-likeness (QED) is 0.497. The molecule has 1 aromatic rings. The van der Waals surface area contributed by atoms with E-state index in [2.05, 4.69) is 5.32 Å². The van der Waals surface area contributed by atoms with Crippen molar-refractivity contribution in [2.24, 2.45) is 5.92 Å². The molecule has 0 saturated carbocycles. The van der Waals surface area contributed by atoms with Crippen LogP contribution in [0.25, 0.3) is 0 Å². The van der Waals surface area contributed by atoms with E-state index in [1.165, 1.54) is 24.3 Å². The lowest BCUT2D eigenvalue weighted by Crippen LogP contribution is -2.22. The molecule has 1 rings (SSSR count). The van der Waals surface area contributed by atoms with Crippen molar-refractivity contribution in [3.05, 3.63) is 34.4 Å². The predicted octanol–water partition coefficient (Wildman–Crippen LogP) is 1.73. The first kappa shape index (κ1) is 14.6. The highest BCUT2D eigenvalue weighted by Gasteiger charge is 2.11. The van der Waals surface area contributed by atoms with Gasteiger partial charge in [-0.1, -0.05) is 13.8 Å². The molecule has 0 unspecified atom stereocenters. The molecule has 1 aromatic carbocycles. The second-order valence-corrected chi connectivity index (χ2v) is 4.11. The molecule has 0 heterocycles. The van der Waals surface area contributed by atoms with Crippen LogP contribution in [0.1, 0.15) is 13.8 Å². The molecule has 0 aliphatic carbocycles. The Hall–Kier alpha value is -2.44. The number of esters is 1. The fourth-order valence-corrected chi connectivity index (χ4v) is 1.17. The number of nitro groups is 1. The van der Waals surface area contributed by atoms with Gasteiger partial charge in [-0.15, -0.1) is 0 Å². The number of carbonyl (C=O) groups is 2. The third-order valence-electron chi connectivity index (χ3n) is 2.18. The average molecular weight is 266 g/mol. The first-order chi connectivity index (χ1) is 8.90. The second kappa shape index (κ2) is 6.48. The highest BCUT2D eigenvalue weighted by molar-refractivity contribution is 5.92. The third-order valence-corrected chi connectivity index (χ3v) is 2.18. The maximum absolute atomic E-state index is 11.4. The summed E-state index contributed by atoms with van der Waals surface area (Å²) in [5.74, 6) is -1.26. The summed E-state index contributed by atoms with van der Waals surface area (Å²) in [6, 6.07) is 5.35. The SMILES string of the molecule is CC(C)C(=O)OCC(=O)Nc1ccc([N+](=O)[O-])cc1. The monoisotopic (exact) mass is 266 g/mol. The van der Waals surface area contributed by atoms with E-state index in [0.29, 0.717) is 5.69 Å². The molecule has 0 spiro atoms. The number of hydrogen-bond acceptors (Lipinski definition) is 5. The lowest BCUT2D eigenvalue weighted by atomic mass is 10.2. The fraction of sp³-hybridized carbons (Fsp3) is 0.333. The van der Waals surface area contributed by atoms with Crippen molar-refractivity contribution in [1.29, 1.82) is 0 Å². The molecule has 0 aromatic heterocycles. The fourth-order valence-electron chi connectivity index (χ4n) is 1.17. The molecule has 7 heteroatoms. The van der Waals surface area contributed by atoms with Gasteiger partial charge >= 0.3 is 5.97 Å². The Morgan fingerprint density at radius 2 is 1.89 bits per heavy atom. The zero-order valence-corrected chi connectivity index (χ0v) is 10.6. The molecule has 0 radical (unpaired) electrons. The van der Waals surface area contributed by atoms with Gasteiger partial charge in [0.25, 0.3) is 11.6 Å². The van der Waals surface area contributed by atoms with Crippen molar-refractivity contribution < 1.29 is 19.2 Å². The standard InChI is InChI=1S/C12H14N2O5/c1-8(2)12(16)19-7-11(15)13-9-3-5-10(6-4-9)14(17)18/h3-6,8H,7H2,1-2H3,(H,13,15). The Bertz CT molecular complexity index is 481. The van der Waals surface area contributed by atoms with Crippen LogP contribution in [0.15, 0.2) is 24.3 Å². The molecule has 0 aliphatic heterocycles. The number of nitrogens with zero attached hydrogens (tertiary/aromatic N) is 1.